The largest absolute Gasteiger partial charge is 0.294 e. The van der Waals surface area contributed by atoms with Gasteiger partial charge in [-0.15, -0.1) is 11.3 Å². The molecule has 0 fully saturated rings. The molecule has 0 atom stereocenters. The summed E-state index contributed by atoms with van der Waals surface area (Å²) in [5, 5.41) is 0. The average molecular weight is 388 g/mol. The fourth-order valence-electron chi connectivity index (χ4n) is 2.52. The fraction of sp³-hybridized carbons (Fsp3) is 0.300. The van der Waals surface area contributed by atoms with Crippen molar-refractivity contribution < 1.29 is 13.2 Å². The predicted octanol–water partition coefficient (Wildman–Crippen LogP) is 4.44. The summed E-state index contributed by atoms with van der Waals surface area (Å²) in [6, 6.07) is 12.7. The molecule has 136 valence electrons. The van der Waals surface area contributed by atoms with Gasteiger partial charge in [-0.3, -0.25) is 4.79 Å². The maximum Gasteiger partial charge on any atom is 0.167 e. The van der Waals surface area contributed by atoms with Gasteiger partial charge in [0.1, 0.15) is 0 Å². The Labute approximate surface area is 157 Å². The van der Waals surface area contributed by atoms with Crippen LogP contribution in [0.15, 0.2) is 48.0 Å². The molecule has 6 heteroatoms. The second kappa shape index (κ2) is 6.93. The van der Waals surface area contributed by atoms with Crippen LogP contribution >= 0.6 is 11.3 Å². The van der Waals surface area contributed by atoms with Crippen molar-refractivity contribution >= 4 is 37.2 Å². The summed E-state index contributed by atoms with van der Waals surface area (Å²) in [5.41, 5.74) is 4.90. The molecule has 0 radical (unpaired) electrons. The van der Waals surface area contributed by atoms with Crippen LogP contribution in [0, 0.1) is 0 Å². The van der Waals surface area contributed by atoms with Crippen molar-refractivity contribution in [2.24, 2.45) is 0 Å². The first-order chi connectivity index (χ1) is 12.2. The van der Waals surface area contributed by atoms with Gasteiger partial charge in [-0.05, 0) is 44.0 Å². The molecular formula is C20H21NO3S2. The quantitative estimate of drug-likeness (QED) is 0.607. The Kier molecular flexibility index (Phi) is 4.99. The van der Waals surface area contributed by atoms with Crippen molar-refractivity contribution in [1.29, 1.82) is 0 Å². The lowest BCUT2D eigenvalue weighted by atomic mass is 10.0. The zero-order valence-corrected chi connectivity index (χ0v) is 16.7. The number of benzene rings is 2. The molecule has 0 aliphatic heterocycles. The van der Waals surface area contributed by atoms with Crippen LogP contribution in [-0.2, 0) is 22.0 Å². The van der Waals surface area contributed by atoms with Crippen LogP contribution in [0.3, 0.4) is 0 Å². The minimum atomic E-state index is -3.24. The number of fused-ring (bicyclic) bond motifs is 1. The van der Waals surface area contributed by atoms with E-state index in [2.05, 4.69) is 4.98 Å². The van der Waals surface area contributed by atoms with E-state index in [9.17, 15) is 13.2 Å². The molecule has 0 amide bonds. The normalized spacial score (nSPS) is 12.4. The Morgan fingerprint density at radius 2 is 1.69 bits per heavy atom. The average Bonchev–Trinajstić information content (AvgIpc) is 3.01. The lowest BCUT2D eigenvalue weighted by molar-refractivity contribution is 0.0993. The minimum absolute atomic E-state index is 0.00445. The van der Waals surface area contributed by atoms with Gasteiger partial charge in [-0.2, -0.15) is 0 Å². The summed E-state index contributed by atoms with van der Waals surface area (Å²) in [7, 11) is -3.24. The summed E-state index contributed by atoms with van der Waals surface area (Å²) in [5.74, 6) is -0.0179. The minimum Gasteiger partial charge on any atom is -0.294 e. The van der Waals surface area contributed by atoms with Crippen molar-refractivity contribution in [2.75, 3.05) is 0 Å². The van der Waals surface area contributed by atoms with Crippen molar-refractivity contribution in [1.82, 2.24) is 4.98 Å². The van der Waals surface area contributed by atoms with E-state index < -0.39 is 14.6 Å². The first-order valence-corrected chi connectivity index (χ1v) is 10.9. The summed E-state index contributed by atoms with van der Waals surface area (Å²) < 4.78 is 24.9. The van der Waals surface area contributed by atoms with E-state index in [1.807, 2.05) is 18.2 Å². The summed E-state index contributed by atoms with van der Waals surface area (Å²) in [6.07, 6.45) is 0.299. The van der Waals surface area contributed by atoms with Gasteiger partial charge in [0.15, 0.2) is 15.6 Å². The SMILES string of the molecule is CC(C)(C)S(=O)(=O)Cc1ccc(C(=O)Cc2ccc3scnc3c2)cc1. The highest BCUT2D eigenvalue weighted by Gasteiger charge is 2.28. The van der Waals surface area contributed by atoms with Crippen molar-refractivity contribution in [3.63, 3.8) is 0 Å². The van der Waals surface area contributed by atoms with Crippen LogP contribution in [0.1, 0.15) is 42.3 Å². The molecule has 0 aliphatic rings. The van der Waals surface area contributed by atoms with Gasteiger partial charge in [0.25, 0.3) is 0 Å². The van der Waals surface area contributed by atoms with Gasteiger partial charge in [0, 0.05) is 12.0 Å². The van der Waals surface area contributed by atoms with E-state index in [4.69, 9.17) is 0 Å². The molecule has 0 saturated heterocycles. The zero-order valence-electron chi connectivity index (χ0n) is 15.0. The van der Waals surface area contributed by atoms with Crippen LogP contribution in [0.2, 0.25) is 0 Å². The number of nitrogens with zero attached hydrogens (tertiary/aromatic N) is 1. The number of hydrogen-bond donors (Lipinski definition) is 0. The fourth-order valence-corrected chi connectivity index (χ4v) is 4.25. The Hall–Kier alpha value is -2.05. The van der Waals surface area contributed by atoms with Gasteiger partial charge in [-0.1, -0.05) is 30.3 Å². The second-order valence-electron chi connectivity index (χ2n) is 7.32. The third-order valence-electron chi connectivity index (χ3n) is 4.33. The van der Waals surface area contributed by atoms with E-state index in [1.54, 1.807) is 61.9 Å². The monoisotopic (exact) mass is 387 g/mol. The Bertz CT molecular complexity index is 1040. The van der Waals surface area contributed by atoms with Crippen LogP contribution in [0.4, 0.5) is 0 Å². The molecule has 0 aliphatic carbocycles. The molecule has 0 bridgehead atoms. The van der Waals surface area contributed by atoms with Gasteiger partial charge < -0.3 is 0 Å². The highest BCUT2D eigenvalue weighted by Crippen LogP contribution is 2.22. The number of carbonyl (C=O) groups is 1. The van der Waals surface area contributed by atoms with E-state index >= 15 is 0 Å². The number of carbonyl (C=O) groups excluding carboxylic acids is 1. The van der Waals surface area contributed by atoms with Crippen LogP contribution in [0.5, 0.6) is 0 Å². The highest BCUT2D eigenvalue weighted by atomic mass is 32.2. The van der Waals surface area contributed by atoms with Crippen LogP contribution in [-0.4, -0.2) is 23.9 Å². The Morgan fingerprint density at radius 3 is 2.35 bits per heavy atom. The molecule has 3 rings (SSSR count). The second-order valence-corrected chi connectivity index (χ2v) is 11.0. The lowest BCUT2D eigenvalue weighted by Gasteiger charge is -2.19. The number of rotatable bonds is 5. The zero-order chi connectivity index (χ0) is 18.9. The number of sulfone groups is 1. The molecule has 2 aromatic carbocycles. The first kappa shape index (κ1) is 18.7. The standard InChI is InChI=1S/C20H21NO3S2/c1-20(2,3)26(23,24)12-14-4-7-16(8-5-14)18(22)11-15-6-9-19-17(10-15)21-13-25-19/h4-10,13H,11-12H2,1-3H3. The maximum atomic E-state index is 12.5. The Balaban J connectivity index is 1.72. The molecule has 3 aromatic rings. The van der Waals surface area contributed by atoms with E-state index in [0.29, 0.717) is 17.5 Å². The Morgan fingerprint density at radius 1 is 1.04 bits per heavy atom. The van der Waals surface area contributed by atoms with Gasteiger partial charge in [0.05, 0.1) is 26.2 Å². The van der Waals surface area contributed by atoms with E-state index in [1.165, 1.54) is 0 Å². The van der Waals surface area contributed by atoms with E-state index in [0.717, 1.165) is 15.8 Å². The summed E-state index contributed by atoms with van der Waals surface area (Å²) in [4.78, 5) is 16.8. The lowest BCUT2D eigenvalue weighted by Crippen LogP contribution is -2.29. The number of thiazole rings is 1. The topological polar surface area (TPSA) is 64.1 Å². The molecule has 0 N–H and O–H groups in total. The molecule has 0 saturated carbocycles. The summed E-state index contributed by atoms with van der Waals surface area (Å²) in [6.45, 7) is 5.08. The number of ketones is 1. The van der Waals surface area contributed by atoms with Gasteiger partial charge in [-0.25, -0.2) is 13.4 Å². The van der Waals surface area contributed by atoms with Crippen molar-refractivity contribution in [3.8, 4) is 0 Å². The smallest absolute Gasteiger partial charge is 0.167 e. The molecule has 1 aromatic heterocycles. The molecule has 0 unspecified atom stereocenters. The number of hydrogen-bond acceptors (Lipinski definition) is 5. The first-order valence-electron chi connectivity index (χ1n) is 8.32. The molecular weight excluding hydrogens is 366 g/mol. The van der Waals surface area contributed by atoms with E-state index in [-0.39, 0.29) is 11.5 Å². The van der Waals surface area contributed by atoms with Gasteiger partial charge in [0.2, 0.25) is 0 Å². The molecule has 0 spiro atoms. The molecule has 4 nitrogen and oxygen atoms in total. The van der Waals surface area contributed by atoms with Crippen molar-refractivity contribution in [3.05, 3.63) is 64.7 Å². The third-order valence-corrected chi connectivity index (χ3v) is 7.71. The molecule has 1 heterocycles. The third kappa shape index (κ3) is 4.02. The predicted molar refractivity (Wildman–Crippen MR) is 106 cm³/mol. The molecule has 26 heavy (non-hydrogen) atoms. The van der Waals surface area contributed by atoms with Crippen LogP contribution < -0.4 is 0 Å². The maximum absolute atomic E-state index is 12.5. The highest BCUT2D eigenvalue weighted by molar-refractivity contribution is 7.91. The van der Waals surface area contributed by atoms with Crippen molar-refractivity contribution in [2.45, 2.75) is 37.7 Å². The number of Topliss-reactive ketones (excluding diaryl/α,β-unsaturated/α-hetero) is 1. The summed E-state index contributed by atoms with van der Waals surface area (Å²) >= 11 is 1.57. The van der Waals surface area contributed by atoms with Crippen LogP contribution in [0.25, 0.3) is 10.2 Å². The number of aromatic nitrogens is 1. The van der Waals surface area contributed by atoms with Gasteiger partial charge >= 0.3 is 0 Å².